The molecule has 8 nitrogen and oxygen atoms in total. The van der Waals surface area contributed by atoms with Crippen LogP contribution in [0.4, 0.5) is 10.1 Å². The van der Waals surface area contributed by atoms with E-state index in [9.17, 15) is 14.4 Å². The zero-order chi connectivity index (χ0) is 28.3. The number of nitrogens with one attached hydrogen (secondary N) is 2. The average molecular weight is 615 g/mol. The lowest BCUT2D eigenvalue weighted by Crippen LogP contribution is -2.54. The van der Waals surface area contributed by atoms with Crippen molar-refractivity contribution >= 4 is 50.2 Å². The number of carbonyl (C=O) groups is 3. The van der Waals surface area contributed by atoms with Gasteiger partial charge in [0.2, 0.25) is 5.78 Å². The van der Waals surface area contributed by atoms with E-state index in [0.29, 0.717) is 60.1 Å². The molecule has 0 radical (unpaired) electrons. The molecular formula is C30H33BrFN3O5. The summed E-state index contributed by atoms with van der Waals surface area (Å²) in [6.07, 6.45) is 4.71. The van der Waals surface area contributed by atoms with Gasteiger partial charge in [-0.15, -0.1) is 0 Å². The number of H-pyrrole nitrogens is 1. The smallest absolute Gasteiger partial charge is 0.330 e. The van der Waals surface area contributed by atoms with E-state index in [0.717, 1.165) is 23.7 Å². The molecule has 1 aromatic heterocycles. The lowest BCUT2D eigenvalue weighted by molar-refractivity contribution is -0.252. The number of ether oxygens (including phenoxy) is 2. The van der Waals surface area contributed by atoms with E-state index in [4.69, 9.17) is 9.47 Å². The molecule has 1 aliphatic carbocycles. The molecule has 0 spiro atoms. The summed E-state index contributed by atoms with van der Waals surface area (Å²) in [5.74, 6) is -3.93. The molecule has 2 aliphatic rings. The molecule has 1 amide bonds. The van der Waals surface area contributed by atoms with Gasteiger partial charge in [0, 0.05) is 41.1 Å². The summed E-state index contributed by atoms with van der Waals surface area (Å²) in [6, 6.07) is 12.7. The molecule has 2 heterocycles. The number of para-hydroxylation sites is 1. The molecule has 212 valence electrons. The van der Waals surface area contributed by atoms with Crippen LogP contribution in [-0.4, -0.2) is 59.8 Å². The highest BCUT2D eigenvalue weighted by atomic mass is 79.9. The summed E-state index contributed by atoms with van der Waals surface area (Å²) >= 11 is 3.49. The van der Waals surface area contributed by atoms with Crippen molar-refractivity contribution in [2.75, 3.05) is 25.5 Å². The molecule has 1 saturated carbocycles. The molecule has 0 bridgehead atoms. The van der Waals surface area contributed by atoms with Gasteiger partial charge in [0.25, 0.3) is 5.91 Å². The van der Waals surface area contributed by atoms with Crippen LogP contribution in [0.3, 0.4) is 0 Å². The minimum absolute atomic E-state index is 0.167. The number of aromatic amines is 1. The SMILES string of the molecule is COC(=O)C1CCC(OC(F)(C(=O)Cc2ccc(NC(=O)c3c[nH]c4ccccc34)c(Br)c2)N2CCCC2)CC1. The molecule has 2 fully saturated rings. The van der Waals surface area contributed by atoms with Crippen molar-refractivity contribution in [3.63, 3.8) is 0 Å². The van der Waals surface area contributed by atoms with E-state index in [1.54, 1.807) is 24.4 Å². The van der Waals surface area contributed by atoms with Crippen LogP contribution in [-0.2, 0) is 25.5 Å². The van der Waals surface area contributed by atoms with Crippen LogP contribution in [0, 0.1) is 5.92 Å². The summed E-state index contributed by atoms with van der Waals surface area (Å²) in [6.45, 7) is 0.893. The van der Waals surface area contributed by atoms with Gasteiger partial charge in [0.1, 0.15) is 0 Å². The number of carbonyl (C=O) groups excluding carboxylic acids is 3. The summed E-state index contributed by atoms with van der Waals surface area (Å²) in [5, 5.41) is 3.72. The topological polar surface area (TPSA) is 101 Å². The molecule has 40 heavy (non-hydrogen) atoms. The van der Waals surface area contributed by atoms with Gasteiger partial charge in [0.05, 0.1) is 30.4 Å². The number of halogens is 2. The number of likely N-dealkylation sites (tertiary alicyclic amines) is 1. The maximum Gasteiger partial charge on any atom is 0.330 e. The molecule has 2 N–H and O–H groups in total. The van der Waals surface area contributed by atoms with Crippen molar-refractivity contribution in [2.24, 2.45) is 5.92 Å². The monoisotopic (exact) mass is 613 g/mol. The fraction of sp³-hybridized carbons (Fsp3) is 0.433. The van der Waals surface area contributed by atoms with Crippen molar-refractivity contribution in [1.82, 2.24) is 9.88 Å². The Morgan fingerprint density at radius 3 is 2.52 bits per heavy atom. The first-order chi connectivity index (χ1) is 19.3. The number of aromatic nitrogens is 1. The molecule has 1 aliphatic heterocycles. The third-order valence-corrected chi connectivity index (χ3v) is 8.52. The Hall–Kier alpha value is -3.08. The largest absolute Gasteiger partial charge is 0.469 e. The van der Waals surface area contributed by atoms with Gasteiger partial charge in [-0.25, -0.2) is 4.90 Å². The predicted molar refractivity (Wildman–Crippen MR) is 153 cm³/mol. The van der Waals surface area contributed by atoms with Crippen molar-refractivity contribution in [3.8, 4) is 0 Å². The molecule has 5 rings (SSSR count). The van der Waals surface area contributed by atoms with Crippen LogP contribution in [0.15, 0.2) is 53.1 Å². The molecular weight excluding hydrogens is 581 g/mol. The van der Waals surface area contributed by atoms with Crippen LogP contribution in [0.2, 0.25) is 0 Å². The maximum atomic E-state index is 16.5. The molecule has 1 atom stereocenters. The second kappa shape index (κ2) is 12.2. The van der Waals surface area contributed by atoms with Crippen LogP contribution >= 0.6 is 15.9 Å². The number of alkyl halides is 1. The Labute approximate surface area is 240 Å². The van der Waals surface area contributed by atoms with E-state index in [2.05, 4.69) is 26.2 Å². The van der Waals surface area contributed by atoms with Crippen LogP contribution < -0.4 is 5.32 Å². The Morgan fingerprint density at radius 2 is 1.82 bits per heavy atom. The predicted octanol–water partition coefficient (Wildman–Crippen LogP) is 5.76. The van der Waals surface area contributed by atoms with E-state index in [1.165, 1.54) is 12.0 Å². The first-order valence-electron chi connectivity index (χ1n) is 13.7. The Bertz CT molecular complexity index is 1400. The molecule has 3 aromatic rings. The van der Waals surface area contributed by atoms with Crippen molar-refractivity contribution in [2.45, 2.75) is 57.0 Å². The highest BCUT2D eigenvalue weighted by molar-refractivity contribution is 9.10. The second-order valence-electron chi connectivity index (χ2n) is 10.5. The van der Waals surface area contributed by atoms with E-state index < -0.39 is 17.9 Å². The first-order valence-corrected chi connectivity index (χ1v) is 14.5. The number of nitrogens with zero attached hydrogens (tertiary/aromatic N) is 1. The molecule has 1 unspecified atom stereocenters. The van der Waals surface area contributed by atoms with Crippen LogP contribution in [0.25, 0.3) is 10.9 Å². The van der Waals surface area contributed by atoms with Gasteiger partial charge >= 0.3 is 11.9 Å². The fourth-order valence-corrected chi connectivity index (χ4v) is 6.16. The van der Waals surface area contributed by atoms with Gasteiger partial charge in [0.15, 0.2) is 0 Å². The van der Waals surface area contributed by atoms with Crippen molar-refractivity contribution < 1.29 is 28.2 Å². The Kier molecular flexibility index (Phi) is 8.68. The highest BCUT2D eigenvalue weighted by Crippen LogP contribution is 2.35. The Morgan fingerprint density at radius 1 is 1.10 bits per heavy atom. The van der Waals surface area contributed by atoms with Gasteiger partial charge in [-0.3, -0.25) is 14.4 Å². The maximum absolute atomic E-state index is 16.5. The lowest BCUT2D eigenvalue weighted by Gasteiger charge is -2.37. The summed E-state index contributed by atoms with van der Waals surface area (Å²) in [5.41, 5.74) is 2.52. The average Bonchev–Trinajstić information content (AvgIpc) is 3.65. The number of hydrogen-bond acceptors (Lipinski definition) is 6. The quantitative estimate of drug-likeness (QED) is 0.235. The fourth-order valence-electron chi connectivity index (χ4n) is 5.64. The third kappa shape index (κ3) is 5.99. The number of fused-ring (bicyclic) bond motifs is 1. The van der Waals surface area contributed by atoms with E-state index in [-0.39, 0.29) is 24.2 Å². The molecule has 2 aromatic carbocycles. The standard InChI is InChI=1S/C30H33BrFN3O5/c1-39-29(38)20-9-11-21(12-10-20)40-30(32,35-14-4-5-15-35)27(36)17-19-8-13-26(24(31)16-19)34-28(37)23-18-33-25-7-3-2-6-22(23)25/h2-3,6-8,13,16,18,20-21,33H,4-5,9-12,14-15,17H2,1H3,(H,34,37). The number of benzene rings is 2. The van der Waals surface area contributed by atoms with Crippen molar-refractivity contribution in [3.05, 3.63) is 64.3 Å². The molecule has 10 heteroatoms. The summed E-state index contributed by atoms with van der Waals surface area (Å²) in [4.78, 5) is 42.9. The zero-order valence-corrected chi connectivity index (χ0v) is 24.0. The van der Waals surface area contributed by atoms with Gasteiger partial charge in [-0.2, -0.15) is 4.39 Å². The first kappa shape index (κ1) is 28.4. The highest BCUT2D eigenvalue weighted by Gasteiger charge is 2.48. The van der Waals surface area contributed by atoms with E-state index >= 15 is 4.39 Å². The van der Waals surface area contributed by atoms with E-state index in [1.807, 2.05) is 24.3 Å². The van der Waals surface area contributed by atoms with Gasteiger partial charge in [-0.1, -0.05) is 24.3 Å². The number of methoxy groups -OCH3 is 1. The minimum Gasteiger partial charge on any atom is -0.469 e. The molecule has 1 saturated heterocycles. The minimum atomic E-state index is -2.53. The zero-order valence-electron chi connectivity index (χ0n) is 22.4. The number of ketones is 1. The normalized spacial score (nSPS) is 21.2. The lowest BCUT2D eigenvalue weighted by atomic mass is 9.87. The van der Waals surface area contributed by atoms with Crippen molar-refractivity contribution in [1.29, 1.82) is 0 Å². The Balaban J connectivity index is 1.26. The van der Waals surface area contributed by atoms with Crippen LogP contribution in [0.5, 0.6) is 0 Å². The number of esters is 1. The van der Waals surface area contributed by atoms with Gasteiger partial charge < -0.3 is 19.8 Å². The second-order valence-corrected chi connectivity index (χ2v) is 11.3. The number of anilines is 1. The number of amides is 1. The summed E-state index contributed by atoms with van der Waals surface area (Å²) in [7, 11) is 1.37. The number of hydrogen-bond donors (Lipinski definition) is 2. The third-order valence-electron chi connectivity index (χ3n) is 7.87. The van der Waals surface area contributed by atoms with Gasteiger partial charge in [-0.05, 0) is 78.2 Å². The number of Topliss-reactive ketones (excluding diaryl/α,β-unsaturated/α-hetero) is 1. The number of rotatable bonds is 9. The van der Waals surface area contributed by atoms with Crippen LogP contribution in [0.1, 0.15) is 54.4 Å². The summed E-state index contributed by atoms with van der Waals surface area (Å²) < 4.78 is 27.9.